The number of rotatable bonds is 0. The van der Waals surface area contributed by atoms with Crippen LogP contribution in [0.2, 0.25) is 0 Å². The summed E-state index contributed by atoms with van der Waals surface area (Å²) in [6.07, 6.45) is 0. The Kier molecular flexibility index (Phi) is 10.6. The van der Waals surface area contributed by atoms with Gasteiger partial charge in [-0.15, -0.1) is 79.5 Å². The van der Waals surface area contributed by atoms with E-state index in [0.717, 1.165) is 0 Å². The maximum Gasteiger partial charge on any atom is 4.00 e. The molecular formula is C38H28Zr. The van der Waals surface area contributed by atoms with Gasteiger partial charge in [0.1, 0.15) is 0 Å². The molecule has 0 saturated heterocycles. The third kappa shape index (κ3) is 7.50. The molecule has 1 heteroatoms. The molecule has 0 amide bonds. The molecule has 0 bridgehead atoms. The number of fused-ring (bicyclic) bond motifs is 6. The van der Waals surface area contributed by atoms with Crippen molar-refractivity contribution in [3.05, 3.63) is 182 Å². The molecule has 0 atom stereocenters. The van der Waals surface area contributed by atoms with Gasteiger partial charge < -0.3 is 0 Å². The van der Waals surface area contributed by atoms with Gasteiger partial charge in [-0.05, 0) is 0 Å². The summed E-state index contributed by atoms with van der Waals surface area (Å²) in [5.74, 6) is 0. The van der Waals surface area contributed by atoms with Gasteiger partial charge in [-0.1, -0.05) is 72.8 Å². The fourth-order valence-corrected chi connectivity index (χ4v) is 4.49. The molecule has 0 radical (unpaired) electrons. The summed E-state index contributed by atoms with van der Waals surface area (Å²) in [6.45, 7) is 0. The molecular weight excluding hydrogens is 548 g/mol. The second-order valence-electron chi connectivity index (χ2n) is 8.79. The van der Waals surface area contributed by atoms with Gasteiger partial charge in [0.2, 0.25) is 0 Å². The van der Waals surface area contributed by atoms with Gasteiger partial charge in [-0.3, -0.25) is 0 Å². The second kappa shape index (κ2) is 14.8. The molecule has 184 valence electrons. The molecule has 0 aliphatic heterocycles. The van der Waals surface area contributed by atoms with E-state index < -0.39 is 0 Å². The molecule has 0 aliphatic carbocycles. The smallest absolute Gasteiger partial charge is 0.184 e. The van der Waals surface area contributed by atoms with E-state index in [9.17, 15) is 0 Å². The monoisotopic (exact) mass is 574 g/mol. The molecule has 0 unspecified atom stereocenters. The van der Waals surface area contributed by atoms with Gasteiger partial charge in [0.25, 0.3) is 0 Å². The zero-order valence-corrected chi connectivity index (χ0v) is 24.1. The average Bonchev–Trinajstić information content (AvgIpc) is 3.59. The van der Waals surface area contributed by atoms with E-state index in [2.05, 4.69) is 121 Å². The van der Waals surface area contributed by atoms with Crippen LogP contribution in [0.15, 0.2) is 170 Å². The Hall–Kier alpha value is -4.06. The topological polar surface area (TPSA) is 0 Å². The zero-order valence-electron chi connectivity index (χ0n) is 21.7. The molecule has 0 nitrogen and oxygen atoms in total. The Morgan fingerprint density at radius 3 is 0.769 bits per heavy atom. The van der Waals surface area contributed by atoms with Crippen molar-refractivity contribution < 1.29 is 26.2 Å². The Bertz CT molecular complexity index is 1520. The van der Waals surface area contributed by atoms with Crippen molar-refractivity contribution in [1.82, 2.24) is 0 Å². The minimum absolute atomic E-state index is 0. The van der Waals surface area contributed by atoms with Crippen LogP contribution in [0.4, 0.5) is 0 Å². The first-order valence-electron chi connectivity index (χ1n) is 12.8. The fourth-order valence-electron chi connectivity index (χ4n) is 4.49. The SMILES string of the molecule is [Zr+4].[c-]1ccccc1.[c-]1ccccc1.c1ccc2c(c1)[cH-]c1ccccc12.c1ccc2c(c1)[cH-]c1ccccc12. The van der Waals surface area contributed by atoms with Crippen LogP contribution in [0.5, 0.6) is 0 Å². The van der Waals surface area contributed by atoms with Gasteiger partial charge in [0.05, 0.1) is 0 Å². The van der Waals surface area contributed by atoms with E-state index in [-0.39, 0.29) is 26.2 Å². The second-order valence-corrected chi connectivity index (χ2v) is 8.79. The van der Waals surface area contributed by atoms with E-state index in [1.54, 1.807) is 0 Å². The summed E-state index contributed by atoms with van der Waals surface area (Å²) in [7, 11) is 0. The molecule has 0 N–H and O–H groups in total. The van der Waals surface area contributed by atoms with E-state index in [4.69, 9.17) is 0 Å². The predicted octanol–water partition coefficient (Wildman–Crippen LogP) is 10.4. The molecule has 0 fully saturated rings. The first-order valence-corrected chi connectivity index (χ1v) is 12.8. The third-order valence-corrected chi connectivity index (χ3v) is 6.26. The first kappa shape index (κ1) is 28.0. The summed E-state index contributed by atoms with van der Waals surface area (Å²) >= 11 is 0. The molecule has 0 spiro atoms. The molecule has 0 saturated carbocycles. The van der Waals surface area contributed by atoms with Crippen molar-refractivity contribution >= 4 is 43.1 Å². The van der Waals surface area contributed by atoms with Crippen molar-refractivity contribution in [2.45, 2.75) is 0 Å². The molecule has 0 heterocycles. The van der Waals surface area contributed by atoms with Crippen molar-refractivity contribution in [3.63, 3.8) is 0 Å². The van der Waals surface area contributed by atoms with Gasteiger partial charge in [0.15, 0.2) is 0 Å². The minimum atomic E-state index is 0. The molecule has 8 rings (SSSR count). The Morgan fingerprint density at radius 1 is 0.308 bits per heavy atom. The van der Waals surface area contributed by atoms with Crippen LogP contribution in [-0.2, 0) is 26.2 Å². The van der Waals surface area contributed by atoms with Gasteiger partial charge in [-0.2, -0.15) is 72.8 Å². The predicted molar refractivity (Wildman–Crippen MR) is 165 cm³/mol. The van der Waals surface area contributed by atoms with Crippen LogP contribution in [0.3, 0.4) is 0 Å². The summed E-state index contributed by atoms with van der Waals surface area (Å²) in [4.78, 5) is 0. The Balaban J connectivity index is 0.000000127. The Labute approximate surface area is 250 Å². The Morgan fingerprint density at radius 2 is 0.564 bits per heavy atom. The van der Waals surface area contributed by atoms with E-state index >= 15 is 0 Å². The standard InChI is InChI=1S/2C13H9.2C6H5.Zr/c2*1-3-7-12-10(5-1)9-11-6-2-4-8-13(11)12;2*1-2-4-6-5-3-1;/h2*1-9H;2*1-5H;/q4*-1;+4. The molecule has 0 aromatic heterocycles. The quantitative estimate of drug-likeness (QED) is 0.158. The number of hydrogen-bond acceptors (Lipinski definition) is 0. The van der Waals surface area contributed by atoms with Crippen LogP contribution in [-0.4, -0.2) is 0 Å². The largest absolute Gasteiger partial charge is 4.00 e. The van der Waals surface area contributed by atoms with Crippen LogP contribution < -0.4 is 0 Å². The summed E-state index contributed by atoms with van der Waals surface area (Å²) in [5, 5.41) is 10.8. The molecule has 0 aliphatic rings. The van der Waals surface area contributed by atoms with E-state index in [1.807, 2.05) is 60.7 Å². The van der Waals surface area contributed by atoms with Gasteiger partial charge >= 0.3 is 26.2 Å². The van der Waals surface area contributed by atoms with Crippen molar-refractivity contribution in [2.75, 3.05) is 0 Å². The normalized spacial score (nSPS) is 9.85. The van der Waals surface area contributed by atoms with Gasteiger partial charge in [0, 0.05) is 0 Å². The third-order valence-electron chi connectivity index (χ3n) is 6.26. The summed E-state index contributed by atoms with van der Waals surface area (Å²) in [5.41, 5.74) is 0. The fraction of sp³-hybridized carbons (Fsp3) is 0. The number of hydrogen-bond donors (Lipinski definition) is 0. The van der Waals surface area contributed by atoms with Crippen molar-refractivity contribution in [2.24, 2.45) is 0 Å². The van der Waals surface area contributed by atoms with Crippen LogP contribution >= 0.6 is 0 Å². The maximum atomic E-state index is 2.89. The minimum Gasteiger partial charge on any atom is -0.184 e. The van der Waals surface area contributed by atoms with E-state index in [0.29, 0.717) is 0 Å². The number of benzene rings is 6. The van der Waals surface area contributed by atoms with Crippen LogP contribution in [0.1, 0.15) is 0 Å². The summed E-state index contributed by atoms with van der Waals surface area (Å²) in [6, 6.07) is 63.5. The van der Waals surface area contributed by atoms with Crippen LogP contribution in [0.25, 0.3) is 43.1 Å². The van der Waals surface area contributed by atoms with Crippen LogP contribution in [0, 0.1) is 12.1 Å². The maximum absolute atomic E-state index is 2.89. The van der Waals surface area contributed by atoms with E-state index in [1.165, 1.54) is 43.1 Å². The average molecular weight is 576 g/mol. The molecule has 8 aromatic rings. The summed E-state index contributed by atoms with van der Waals surface area (Å²) < 4.78 is 0. The van der Waals surface area contributed by atoms with Gasteiger partial charge in [-0.25, -0.2) is 0 Å². The molecule has 8 aromatic carbocycles. The first-order chi connectivity index (χ1) is 18.9. The molecule has 39 heavy (non-hydrogen) atoms. The van der Waals surface area contributed by atoms with Crippen molar-refractivity contribution in [1.29, 1.82) is 0 Å². The van der Waals surface area contributed by atoms with Crippen molar-refractivity contribution in [3.8, 4) is 0 Å². The zero-order chi connectivity index (χ0) is 25.8.